The van der Waals surface area contributed by atoms with Crippen LogP contribution in [-0.2, 0) is 25.6 Å². The monoisotopic (exact) mass is 298 g/mol. The lowest BCUT2D eigenvalue weighted by atomic mass is 10.1. The predicted octanol–water partition coefficient (Wildman–Crippen LogP) is 3.31. The Balaban J connectivity index is 1.67. The molecule has 112 valence electrons. The van der Waals surface area contributed by atoms with Crippen LogP contribution in [0.5, 0.6) is 0 Å². The molecule has 0 unspecified atom stereocenters. The van der Waals surface area contributed by atoms with Crippen molar-refractivity contribution >= 4 is 11.3 Å². The molecule has 20 heavy (non-hydrogen) atoms. The molecule has 3 heterocycles. The van der Waals surface area contributed by atoms with E-state index < -0.39 is 5.79 Å². The van der Waals surface area contributed by atoms with Gasteiger partial charge in [-0.2, -0.15) is 11.3 Å². The first-order chi connectivity index (χ1) is 9.59. The fourth-order valence-corrected chi connectivity index (χ4v) is 3.49. The van der Waals surface area contributed by atoms with Crippen molar-refractivity contribution in [2.45, 2.75) is 70.6 Å². The SMILES string of the molecule is CCC[C@H]1O[C@@H]2OC(C)(C)O[C@@H]2[C@H]1OCc1ccsc1. The Morgan fingerprint density at radius 2 is 2.20 bits per heavy atom. The zero-order chi connectivity index (χ0) is 14.2. The third kappa shape index (κ3) is 2.92. The molecule has 1 aromatic rings. The quantitative estimate of drug-likeness (QED) is 0.835. The van der Waals surface area contributed by atoms with E-state index in [0.29, 0.717) is 6.61 Å². The van der Waals surface area contributed by atoms with Crippen molar-refractivity contribution in [2.75, 3.05) is 0 Å². The van der Waals surface area contributed by atoms with Gasteiger partial charge in [0.1, 0.15) is 12.2 Å². The summed E-state index contributed by atoms with van der Waals surface area (Å²) in [4.78, 5) is 0. The van der Waals surface area contributed by atoms with E-state index in [1.165, 1.54) is 5.56 Å². The number of hydrogen-bond donors (Lipinski definition) is 0. The minimum atomic E-state index is -0.587. The first-order valence-electron chi connectivity index (χ1n) is 7.23. The van der Waals surface area contributed by atoms with Crippen LogP contribution in [0.25, 0.3) is 0 Å². The molecule has 2 fully saturated rings. The number of ether oxygens (including phenoxy) is 4. The zero-order valence-electron chi connectivity index (χ0n) is 12.2. The molecule has 0 aromatic carbocycles. The lowest BCUT2D eigenvalue weighted by Crippen LogP contribution is -2.36. The van der Waals surface area contributed by atoms with Crippen LogP contribution >= 0.6 is 11.3 Å². The molecule has 4 atom stereocenters. The Morgan fingerprint density at radius 3 is 2.90 bits per heavy atom. The van der Waals surface area contributed by atoms with Gasteiger partial charge in [0.05, 0.1) is 12.7 Å². The van der Waals surface area contributed by atoms with Gasteiger partial charge in [0.15, 0.2) is 12.1 Å². The maximum Gasteiger partial charge on any atom is 0.190 e. The maximum atomic E-state index is 6.10. The van der Waals surface area contributed by atoms with E-state index >= 15 is 0 Å². The average Bonchev–Trinajstić information content (AvgIpc) is 3.03. The number of fused-ring (bicyclic) bond motifs is 1. The van der Waals surface area contributed by atoms with E-state index in [1.807, 2.05) is 13.8 Å². The summed E-state index contributed by atoms with van der Waals surface area (Å²) < 4.78 is 23.8. The maximum absolute atomic E-state index is 6.10. The van der Waals surface area contributed by atoms with Crippen molar-refractivity contribution < 1.29 is 18.9 Å². The smallest absolute Gasteiger partial charge is 0.190 e. The minimum Gasteiger partial charge on any atom is -0.368 e. The topological polar surface area (TPSA) is 36.9 Å². The molecule has 5 heteroatoms. The summed E-state index contributed by atoms with van der Waals surface area (Å²) in [7, 11) is 0. The second kappa shape index (κ2) is 5.73. The van der Waals surface area contributed by atoms with Crippen LogP contribution in [-0.4, -0.2) is 30.4 Å². The molecule has 4 nitrogen and oxygen atoms in total. The second-order valence-electron chi connectivity index (χ2n) is 5.84. The summed E-state index contributed by atoms with van der Waals surface area (Å²) >= 11 is 1.69. The third-order valence-electron chi connectivity index (χ3n) is 3.68. The van der Waals surface area contributed by atoms with E-state index in [9.17, 15) is 0 Å². The molecular weight excluding hydrogens is 276 g/mol. The summed E-state index contributed by atoms with van der Waals surface area (Å²) in [6, 6.07) is 2.09. The molecule has 0 spiro atoms. The minimum absolute atomic E-state index is 0.0541. The third-order valence-corrected chi connectivity index (χ3v) is 4.42. The van der Waals surface area contributed by atoms with E-state index in [2.05, 4.69) is 23.8 Å². The lowest BCUT2D eigenvalue weighted by molar-refractivity contribution is -0.219. The molecule has 1 aromatic heterocycles. The molecule has 0 amide bonds. The van der Waals surface area contributed by atoms with Gasteiger partial charge in [0, 0.05) is 0 Å². The molecule has 0 N–H and O–H groups in total. The van der Waals surface area contributed by atoms with Gasteiger partial charge in [-0.15, -0.1) is 0 Å². The van der Waals surface area contributed by atoms with Crippen molar-refractivity contribution in [1.82, 2.24) is 0 Å². The number of rotatable bonds is 5. The van der Waals surface area contributed by atoms with Crippen molar-refractivity contribution in [3.8, 4) is 0 Å². The lowest BCUT2D eigenvalue weighted by Gasteiger charge is -2.25. The van der Waals surface area contributed by atoms with Gasteiger partial charge in [-0.05, 0) is 42.7 Å². The molecule has 2 aliphatic heterocycles. The van der Waals surface area contributed by atoms with Crippen molar-refractivity contribution in [3.63, 3.8) is 0 Å². The second-order valence-corrected chi connectivity index (χ2v) is 6.62. The van der Waals surface area contributed by atoms with Crippen LogP contribution in [0.15, 0.2) is 16.8 Å². The molecule has 0 saturated carbocycles. The highest BCUT2D eigenvalue weighted by Crippen LogP contribution is 2.40. The van der Waals surface area contributed by atoms with Crippen LogP contribution < -0.4 is 0 Å². The first-order valence-corrected chi connectivity index (χ1v) is 8.17. The van der Waals surface area contributed by atoms with Gasteiger partial charge in [-0.25, -0.2) is 0 Å². The molecule has 0 aliphatic carbocycles. The molecular formula is C15H22O4S. The number of thiophene rings is 1. The van der Waals surface area contributed by atoms with E-state index in [1.54, 1.807) is 11.3 Å². The first kappa shape index (κ1) is 14.5. The molecule has 2 aliphatic rings. The summed E-state index contributed by atoms with van der Waals surface area (Å²) in [6.45, 7) is 6.59. The standard InChI is InChI=1S/C15H22O4S/c1-4-5-11-12(16-8-10-6-7-20-9-10)13-14(17-11)19-15(2,3)18-13/h6-7,9,11-14H,4-5,8H2,1-3H3/t11-,12+,13-,14-/m1/s1. The highest BCUT2D eigenvalue weighted by molar-refractivity contribution is 7.07. The summed E-state index contributed by atoms with van der Waals surface area (Å²) in [5.41, 5.74) is 1.20. The van der Waals surface area contributed by atoms with Gasteiger partial charge >= 0.3 is 0 Å². The highest BCUT2D eigenvalue weighted by Gasteiger charge is 2.54. The summed E-state index contributed by atoms with van der Waals surface area (Å²) in [6.07, 6.45) is 1.61. The normalized spacial score (nSPS) is 35.4. The van der Waals surface area contributed by atoms with Crippen LogP contribution in [0.3, 0.4) is 0 Å². The van der Waals surface area contributed by atoms with Crippen molar-refractivity contribution in [2.24, 2.45) is 0 Å². The fraction of sp³-hybridized carbons (Fsp3) is 0.733. The molecule has 0 bridgehead atoms. The average molecular weight is 298 g/mol. The van der Waals surface area contributed by atoms with Crippen LogP contribution in [0.1, 0.15) is 39.2 Å². The Morgan fingerprint density at radius 1 is 1.35 bits per heavy atom. The van der Waals surface area contributed by atoms with Crippen molar-refractivity contribution in [3.05, 3.63) is 22.4 Å². The van der Waals surface area contributed by atoms with Crippen LogP contribution in [0.4, 0.5) is 0 Å². The Hall–Kier alpha value is -0.460. The van der Waals surface area contributed by atoms with Gasteiger partial charge in [0.2, 0.25) is 0 Å². The molecule has 3 rings (SSSR count). The van der Waals surface area contributed by atoms with Gasteiger partial charge in [-0.3, -0.25) is 0 Å². The Bertz CT molecular complexity index is 431. The van der Waals surface area contributed by atoms with Gasteiger partial charge < -0.3 is 18.9 Å². The Labute approximate surface area is 124 Å². The Kier molecular flexibility index (Phi) is 4.15. The van der Waals surface area contributed by atoms with Gasteiger partial charge in [0.25, 0.3) is 0 Å². The fourth-order valence-electron chi connectivity index (χ4n) is 2.83. The van der Waals surface area contributed by atoms with E-state index in [0.717, 1.165) is 12.8 Å². The predicted molar refractivity (Wildman–Crippen MR) is 76.5 cm³/mol. The van der Waals surface area contributed by atoms with Crippen LogP contribution in [0.2, 0.25) is 0 Å². The molecule has 2 saturated heterocycles. The number of hydrogen-bond acceptors (Lipinski definition) is 5. The highest BCUT2D eigenvalue weighted by atomic mass is 32.1. The largest absolute Gasteiger partial charge is 0.368 e. The van der Waals surface area contributed by atoms with Crippen molar-refractivity contribution in [1.29, 1.82) is 0 Å². The van der Waals surface area contributed by atoms with E-state index in [-0.39, 0.29) is 24.6 Å². The molecule has 0 radical (unpaired) electrons. The summed E-state index contributed by atoms with van der Waals surface area (Å²) in [5.74, 6) is -0.587. The summed E-state index contributed by atoms with van der Waals surface area (Å²) in [5, 5.41) is 4.17. The van der Waals surface area contributed by atoms with E-state index in [4.69, 9.17) is 18.9 Å². The zero-order valence-corrected chi connectivity index (χ0v) is 13.0. The van der Waals surface area contributed by atoms with Crippen LogP contribution in [0, 0.1) is 0 Å². The van der Waals surface area contributed by atoms with Gasteiger partial charge in [-0.1, -0.05) is 13.3 Å².